The normalized spacial score (nSPS) is 20.3. The smallest absolute Gasteiger partial charge is 0.209 e. The zero-order valence-electron chi connectivity index (χ0n) is 10.8. The molecule has 4 nitrogen and oxygen atoms in total. The molecule has 0 aliphatic heterocycles. The molecular weight excluding hydrogens is 214 g/mol. The van der Waals surface area contributed by atoms with Gasteiger partial charge in [-0.2, -0.15) is 5.26 Å². The molecule has 1 saturated carbocycles. The molecular formula is C13H22N3O+. The molecule has 17 heavy (non-hydrogen) atoms. The first-order valence-electron chi connectivity index (χ1n) is 6.36. The third-order valence-corrected chi connectivity index (χ3v) is 3.64. The Morgan fingerprint density at radius 1 is 1.47 bits per heavy atom. The molecule has 0 aromatic rings. The van der Waals surface area contributed by atoms with Crippen LogP contribution in [0.1, 0.15) is 39.0 Å². The maximum Gasteiger partial charge on any atom is 0.209 e. The molecule has 2 atom stereocenters. The number of carbonyl (C=O) groups excluding carboxylic acids is 1. The summed E-state index contributed by atoms with van der Waals surface area (Å²) in [5, 5.41) is 16.3. The Bertz CT molecular complexity index is 326. The van der Waals surface area contributed by atoms with Gasteiger partial charge in [0.05, 0.1) is 19.2 Å². The molecule has 0 aromatic heterocycles. The molecule has 2 N–H and O–H groups in total. The summed E-state index contributed by atoms with van der Waals surface area (Å²) in [7, 11) is 2.03. The number of nitrogens with zero attached hydrogens (tertiary/aromatic N) is 1. The lowest BCUT2D eigenvalue weighted by Crippen LogP contribution is -3.14. The monoisotopic (exact) mass is 236 g/mol. The second-order valence-corrected chi connectivity index (χ2v) is 5.07. The van der Waals surface area contributed by atoms with Crippen molar-refractivity contribution in [1.29, 1.82) is 10.7 Å². The number of likely N-dealkylation sites (N-methyl/N-ethyl adjacent to an activating group) is 1. The van der Waals surface area contributed by atoms with Gasteiger partial charge in [-0.25, -0.2) is 0 Å². The molecule has 0 aromatic carbocycles. The summed E-state index contributed by atoms with van der Waals surface area (Å²) in [4.78, 5) is 13.1. The highest BCUT2D eigenvalue weighted by atomic mass is 16.1. The maximum absolute atomic E-state index is 11.9. The van der Waals surface area contributed by atoms with E-state index in [1.807, 2.05) is 13.1 Å². The van der Waals surface area contributed by atoms with Crippen molar-refractivity contribution in [1.82, 2.24) is 0 Å². The molecule has 1 aliphatic carbocycles. The van der Waals surface area contributed by atoms with Gasteiger partial charge in [-0.05, 0) is 32.6 Å². The van der Waals surface area contributed by atoms with E-state index >= 15 is 0 Å². The first-order valence-corrected chi connectivity index (χ1v) is 6.36. The van der Waals surface area contributed by atoms with Gasteiger partial charge >= 0.3 is 0 Å². The molecule has 0 heterocycles. The summed E-state index contributed by atoms with van der Waals surface area (Å²) in [6.45, 7) is 1.90. The SMILES string of the molecule is CC(=N)C(C#N)C(=O)C[NH+](C)C1CCCCC1. The fourth-order valence-corrected chi connectivity index (χ4v) is 2.53. The molecule has 0 saturated heterocycles. The van der Waals surface area contributed by atoms with Crippen LogP contribution < -0.4 is 4.90 Å². The summed E-state index contributed by atoms with van der Waals surface area (Å²) in [6.07, 6.45) is 6.17. The molecule has 2 unspecified atom stereocenters. The third-order valence-electron chi connectivity index (χ3n) is 3.64. The Balaban J connectivity index is 2.49. The minimum absolute atomic E-state index is 0.108. The Labute approximate surface area is 103 Å². The van der Waals surface area contributed by atoms with Crippen molar-refractivity contribution in [2.45, 2.75) is 45.1 Å². The van der Waals surface area contributed by atoms with Crippen LogP contribution in [0, 0.1) is 22.7 Å². The largest absolute Gasteiger partial charge is 0.329 e. The molecule has 0 radical (unpaired) electrons. The van der Waals surface area contributed by atoms with Crippen LogP contribution in [-0.4, -0.2) is 31.1 Å². The number of rotatable bonds is 5. The van der Waals surface area contributed by atoms with E-state index < -0.39 is 5.92 Å². The number of nitriles is 1. The summed E-state index contributed by atoms with van der Waals surface area (Å²) >= 11 is 0. The van der Waals surface area contributed by atoms with E-state index in [4.69, 9.17) is 10.7 Å². The summed E-state index contributed by atoms with van der Waals surface area (Å²) in [6, 6.07) is 2.48. The van der Waals surface area contributed by atoms with Gasteiger partial charge in [0.25, 0.3) is 0 Å². The fraction of sp³-hybridized carbons (Fsp3) is 0.769. The summed E-state index contributed by atoms with van der Waals surface area (Å²) in [5.74, 6) is -0.948. The first-order chi connectivity index (χ1) is 8.06. The predicted octanol–water partition coefficient (Wildman–Crippen LogP) is 0.582. The van der Waals surface area contributed by atoms with Crippen molar-refractivity contribution in [3.05, 3.63) is 0 Å². The van der Waals surface area contributed by atoms with Crippen LogP contribution in [0.15, 0.2) is 0 Å². The highest BCUT2D eigenvalue weighted by molar-refractivity contribution is 6.05. The van der Waals surface area contributed by atoms with Crippen molar-refractivity contribution in [3.63, 3.8) is 0 Å². The van der Waals surface area contributed by atoms with Gasteiger partial charge in [0.1, 0.15) is 12.5 Å². The standard InChI is InChI=1S/C13H21N3O/c1-10(15)12(8-14)13(17)9-16(2)11-6-4-3-5-7-11/h11-12,15H,3-7,9H2,1-2H3/p+1. The van der Waals surface area contributed by atoms with E-state index in [9.17, 15) is 4.79 Å². The van der Waals surface area contributed by atoms with Gasteiger partial charge in [-0.1, -0.05) is 6.42 Å². The van der Waals surface area contributed by atoms with Gasteiger partial charge < -0.3 is 10.3 Å². The number of hydrogen-bond acceptors (Lipinski definition) is 3. The molecule has 1 rings (SSSR count). The lowest BCUT2D eigenvalue weighted by atomic mass is 9.93. The van der Waals surface area contributed by atoms with Gasteiger partial charge in [-0.3, -0.25) is 4.79 Å². The van der Waals surface area contributed by atoms with Crippen LogP contribution in [0.5, 0.6) is 0 Å². The van der Waals surface area contributed by atoms with Crippen LogP contribution >= 0.6 is 0 Å². The first kappa shape index (κ1) is 13.9. The van der Waals surface area contributed by atoms with Crippen molar-refractivity contribution in [3.8, 4) is 6.07 Å². The molecule has 4 heteroatoms. The van der Waals surface area contributed by atoms with Crippen LogP contribution in [0.2, 0.25) is 0 Å². The van der Waals surface area contributed by atoms with Crippen LogP contribution in [0.3, 0.4) is 0 Å². The highest BCUT2D eigenvalue weighted by Gasteiger charge is 2.27. The Hall–Kier alpha value is -1.21. The number of ketones is 1. The summed E-state index contributed by atoms with van der Waals surface area (Å²) < 4.78 is 0. The molecule has 0 bridgehead atoms. The molecule has 94 valence electrons. The lowest BCUT2D eigenvalue weighted by Gasteiger charge is -2.28. The van der Waals surface area contributed by atoms with Crippen LogP contribution in [0.25, 0.3) is 0 Å². The Morgan fingerprint density at radius 3 is 2.53 bits per heavy atom. The van der Waals surface area contributed by atoms with Crippen molar-refractivity contribution >= 4 is 11.5 Å². The van der Waals surface area contributed by atoms with Gasteiger partial charge in [-0.15, -0.1) is 0 Å². The molecule has 0 amide bonds. The summed E-state index contributed by atoms with van der Waals surface area (Å²) in [5.41, 5.74) is 0.161. The average Bonchev–Trinajstić information content (AvgIpc) is 2.30. The zero-order chi connectivity index (χ0) is 12.8. The lowest BCUT2D eigenvalue weighted by molar-refractivity contribution is -0.899. The quantitative estimate of drug-likeness (QED) is 0.686. The second kappa shape index (κ2) is 6.51. The number of quaternary nitrogens is 1. The molecule has 0 spiro atoms. The topological polar surface area (TPSA) is 69.2 Å². The molecule has 1 aliphatic rings. The van der Waals surface area contributed by atoms with Gasteiger partial charge in [0, 0.05) is 5.71 Å². The van der Waals surface area contributed by atoms with Gasteiger partial charge in [0.2, 0.25) is 5.78 Å². The van der Waals surface area contributed by atoms with Crippen molar-refractivity contribution in [2.24, 2.45) is 5.92 Å². The number of carbonyl (C=O) groups is 1. The second-order valence-electron chi connectivity index (χ2n) is 5.07. The van der Waals surface area contributed by atoms with Crippen molar-refractivity contribution in [2.75, 3.05) is 13.6 Å². The average molecular weight is 236 g/mol. The van der Waals surface area contributed by atoms with E-state index in [-0.39, 0.29) is 11.5 Å². The number of hydrogen-bond donors (Lipinski definition) is 2. The van der Waals surface area contributed by atoms with Gasteiger partial charge in [0.15, 0.2) is 0 Å². The fourth-order valence-electron chi connectivity index (χ4n) is 2.53. The Morgan fingerprint density at radius 2 is 2.06 bits per heavy atom. The highest BCUT2D eigenvalue weighted by Crippen LogP contribution is 2.15. The van der Waals surface area contributed by atoms with Crippen molar-refractivity contribution < 1.29 is 9.69 Å². The number of Topliss-reactive ketones (excluding diaryl/α,β-unsaturated/α-hetero) is 1. The minimum Gasteiger partial charge on any atom is -0.329 e. The maximum atomic E-state index is 11.9. The van der Waals surface area contributed by atoms with E-state index in [1.54, 1.807) is 0 Å². The third kappa shape index (κ3) is 3.94. The zero-order valence-corrected chi connectivity index (χ0v) is 10.8. The Kier molecular flexibility index (Phi) is 5.30. The minimum atomic E-state index is -0.839. The van der Waals surface area contributed by atoms with E-state index in [0.717, 1.165) is 0 Å². The van der Waals surface area contributed by atoms with E-state index in [1.165, 1.54) is 43.9 Å². The van der Waals surface area contributed by atoms with Crippen LogP contribution in [-0.2, 0) is 4.79 Å². The predicted molar refractivity (Wildman–Crippen MR) is 66.1 cm³/mol. The van der Waals surface area contributed by atoms with E-state index in [0.29, 0.717) is 12.6 Å². The molecule has 1 fully saturated rings. The van der Waals surface area contributed by atoms with Crippen LogP contribution in [0.4, 0.5) is 0 Å². The number of nitrogens with one attached hydrogen (secondary N) is 2. The van der Waals surface area contributed by atoms with E-state index in [2.05, 4.69) is 0 Å².